The molecule has 2 heterocycles. The molecule has 29 heavy (non-hydrogen) atoms. The molecule has 1 atom stereocenters. The number of hydrogen-bond donors (Lipinski definition) is 1. The molecule has 1 N–H and O–H groups in total. The van der Waals surface area contributed by atoms with E-state index in [2.05, 4.69) is 10.4 Å². The number of ether oxygens (including phenoxy) is 1. The maximum Gasteiger partial charge on any atom is 0.275 e. The smallest absolute Gasteiger partial charge is 0.275 e. The average Bonchev–Trinajstić information content (AvgIpc) is 3.10. The van der Waals surface area contributed by atoms with E-state index in [1.165, 1.54) is 0 Å². The topological polar surface area (TPSA) is 93.5 Å². The molecule has 0 aliphatic carbocycles. The van der Waals surface area contributed by atoms with E-state index in [4.69, 9.17) is 4.74 Å². The number of rotatable bonds is 5. The van der Waals surface area contributed by atoms with Crippen molar-refractivity contribution in [1.82, 2.24) is 15.1 Å². The summed E-state index contributed by atoms with van der Waals surface area (Å²) in [6, 6.07) is 14.0. The second-order valence-electron chi connectivity index (χ2n) is 6.87. The van der Waals surface area contributed by atoms with Crippen molar-refractivity contribution in [2.45, 2.75) is 19.0 Å². The van der Waals surface area contributed by atoms with E-state index in [0.29, 0.717) is 17.7 Å². The molecule has 2 aromatic carbocycles. The van der Waals surface area contributed by atoms with Gasteiger partial charge in [0.15, 0.2) is 0 Å². The fourth-order valence-corrected chi connectivity index (χ4v) is 3.47. The van der Waals surface area contributed by atoms with Gasteiger partial charge in [-0.15, -0.1) is 0 Å². The highest BCUT2D eigenvalue weighted by Gasteiger charge is 2.31. The van der Waals surface area contributed by atoms with Crippen molar-refractivity contribution in [2.75, 3.05) is 18.6 Å². The standard InChI is InChI=1S/C21H20N4O4/c1-29-17-8-6-16(7-9-17)24-12-15(10-20(24)27)23-19(26)13-25-21(28)18-5-3-2-4-14(18)11-22-25/h2-9,11,15H,10,12-13H2,1H3,(H,23,26)/t15-/m1/s1. The van der Waals surface area contributed by atoms with Crippen LogP contribution in [-0.2, 0) is 16.1 Å². The summed E-state index contributed by atoms with van der Waals surface area (Å²) < 4.78 is 6.27. The van der Waals surface area contributed by atoms with Crippen LogP contribution in [0.4, 0.5) is 5.69 Å². The van der Waals surface area contributed by atoms with E-state index >= 15 is 0 Å². The van der Waals surface area contributed by atoms with Gasteiger partial charge in [0.2, 0.25) is 11.8 Å². The number of carbonyl (C=O) groups excluding carboxylic acids is 2. The Morgan fingerprint density at radius 2 is 1.93 bits per heavy atom. The van der Waals surface area contributed by atoms with Crippen LogP contribution in [0.1, 0.15) is 6.42 Å². The Bertz CT molecular complexity index is 1120. The number of benzene rings is 2. The number of fused-ring (bicyclic) bond motifs is 1. The van der Waals surface area contributed by atoms with Gasteiger partial charge in [0.05, 0.1) is 24.7 Å². The third kappa shape index (κ3) is 3.82. The van der Waals surface area contributed by atoms with Crippen molar-refractivity contribution in [3.05, 3.63) is 65.1 Å². The highest BCUT2D eigenvalue weighted by atomic mass is 16.5. The molecule has 8 heteroatoms. The largest absolute Gasteiger partial charge is 0.497 e. The van der Waals surface area contributed by atoms with Crippen LogP contribution in [0.15, 0.2) is 59.5 Å². The van der Waals surface area contributed by atoms with Crippen LogP contribution in [0.2, 0.25) is 0 Å². The predicted octanol–water partition coefficient (Wildman–Crippen LogP) is 1.33. The molecule has 2 amide bonds. The van der Waals surface area contributed by atoms with Crippen LogP contribution < -0.4 is 20.5 Å². The Kier molecular flexibility index (Phi) is 4.99. The van der Waals surface area contributed by atoms with Gasteiger partial charge in [0, 0.05) is 24.0 Å². The van der Waals surface area contributed by atoms with Gasteiger partial charge >= 0.3 is 0 Å². The summed E-state index contributed by atoms with van der Waals surface area (Å²) in [5, 5.41) is 8.14. The summed E-state index contributed by atoms with van der Waals surface area (Å²) in [6.45, 7) is 0.174. The zero-order valence-corrected chi connectivity index (χ0v) is 15.9. The minimum absolute atomic E-state index is 0.0681. The Morgan fingerprint density at radius 1 is 1.17 bits per heavy atom. The minimum atomic E-state index is -0.357. The molecule has 4 rings (SSSR count). The van der Waals surface area contributed by atoms with Crippen molar-refractivity contribution < 1.29 is 14.3 Å². The van der Waals surface area contributed by atoms with E-state index in [0.717, 1.165) is 15.8 Å². The molecule has 0 unspecified atom stereocenters. The molecule has 8 nitrogen and oxygen atoms in total. The lowest BCUT2D eigenvalue weighted by atomic mass is 10.2. The van der Waals surface area contributed by atoms with E-state index in [-0.39, 0.29) is 36.4 Å². The summed E-state index contributed by atoms with van der Waals surface area (Å²) in [6.07, 6.45) is 1.77. The fraction of sp³-hybridized carbons (Fsp3) is 0.238. The fourth-order valence-electron chi connectivity index (χ4n) is 3.47. The molecule has 1 aliphatic heterocycles. The zero-order chi connectivity index (χ0) is 20.4. The van der Waals surface area contributed by atoms with Gasteiger partial charge in [0.1, 0.15) is 12.3 Å². The van der Waals surface area contributed by atoms with E-state index in [9.17, 15) is 14.4 Å². The average molecular weight is 392 g/mol. The molecule has 1 saturated heterocycles. The molecule has 0 saturated carbocycles. The first-order valence-electron chi connectivity index (χ1n) is 9.24. The zero-order valence-electron chi connectivity index (χ0n) is 15.9. The minimum Gasteiger partial charge on any atom is -0.497 e. The molecule has 1 aromatic heterocycles. The molecule has 1 aliphatic rings. The van der Waals surface area contributed by atoms with Gasteiger partial charge in [0.25, 0.3) is 5.56 Å². The van der Waals surface area contributed by atoms with Crippen LogP contribution in [0.3, 0.4) is 0 Å². The number of amides is 2. The first-order valence-corrected chi connectivity index (χ1v) is 9.24. The predicted molar refractivity (Wildman–Crippen MR) is 108 cm³/mol. The highest BCUT2D eigenvalue weighted by molar-refractivity contribution is 5.97. The van der Waals surface area contributed by atoms with Gasteiger partial charge in [-0.1, -0.05) is 18.2 Å². The Hall–Kier alpha value is -3.68. The van der Waals surface area contributed by atoms with Crippen molar-refractivity contribution in [2.24, 2.45) is 0 Å². The Labute approximate surface area is 166 Å². The number of nitrogens with one attached hydrogen (secondary N) is 1. The number of hydrogen-bond acceptors (Lipinski definition) is 5. The number of nitrogens with zero attached hydrogens (tertiary/aromatic N) is 3. The number of aromatic nitrogens is 2. The second-order valence-corrected chi connectivity index (χ2v) is 6.87. The summed E-state index contributed by atoms with van der Waals surface area (Å²) in [4.78, 5) is 38.9. The lowest BCUT2D eigenvalue weighted by Gasteiger charge is -2.17. The summed E-state index contributed by atoms with van der Waals surface area (Å²) >= 11 is 0. The van der Waals surface area contributed by atoms with Crippen LogP contribution in [0.5, 0.6) is 5.75 Å². The van der Waals surface area contributed by atoms with E-state index in [1.54, 1.807) is 60.7 Å². The third-order valence-electron chi connectivity index (χ3n) is 4.93. The first-order chi connectivity index (χ1) is 14.0. The molecule has 0 radical (unpaired) electrons. The maximum absolute atomic E-state index is 12.5. The second kappa shape index (κ2) is 7.75. The third-order valence-corrected chi connectivity index (χ3v) is 4.93. The van der Waals surface area contributed by atoms with E-state index < -0.39 is 0 Å². The molecule has 1 fully saturated rings. The molecular formula is C21H20N4O4. The summed E-state index contributed by atoms with van der Waals surface area (Å²) in [5.41, 5.74) is 0.431. The van der Waals surface area contributed by atoms with Gasteiger partial charge < -0.3 is 15.0 Å². The maximum atomic E-state index is 12.5. The highest BCUT2D eigenvalue weighted by Crippen LogP contribution is 2.24. The summed E-state index contributed by atoms with van der Waals surface area (Å²) in [7, 11) is 1.58. The van der Waals surface area contributed by atoms with Crippen molar-refractivity contribution >= 4 is 28.3 Å². The first kappa shape index (κ1) is 18.7. The lowest BCUT2D eigenvalue weighted by Crippen LogP contribution is -2.41. The van der Waals surface area contributed by atoms with Crippen LogP contribution >= 0.6 is 0 Å². The molecule has 0 bridgehead atoms. The van der Waals surface area contributed by atoms with E-state index in [1.807, 2.05) is 6.07 Å². The van der Waals surface area contributed by atoms with Crippen molar-refractivity contribution in [1.29, 1.82) is 0 Å². The van der Waals surface area contributed by atoms with Crippen LogP contribution in [0.25, 0.3) is 10.8 Å². The number of methoxy groups -OCH3 is 1. The molecule has 3 aromatic rings. The molecule has 148 valence electrons. The molecular weight excluding hydrogens is 372 g/mol. The van der Waals surface area contributed by atoms with Crippen molar-refractivity contribution in [3.63, 3.8) is 0 Å². The summed E-state index contributed by atoms with van der Waals surface area (Å²) in [5.74, 6) is 0.282. The Morgan fingerprint density at radius 3 is 2.69 bits per heavy atom. The normalized spacial score (nSPS) is 16.2. The monoisotopic (exact) mass is 392 g/mol. The van der Waals surface area contributed by atoms with Gasteiger partial charge in [-0.3, -0.25) is 14.4 Å². The van der Waals surface area contributed by atoms with Crippen molar-refractivity contribution in [3.8, 4) is 5.75 Å². The SMILES string of the molecule is COc1ccc(N2C[C@H](NC(=O)Cn3ncc4ccccc4c3=O)CC2=O)cc1. The number of anilines is 1. The molecule has 0 spiro atoms. The van der Waals surface area contributed by atoms with Crippen LogP contribution in [-0.4, -0.2) is 41.3 Å². The van der Waals surface area contributed by atoms with Crippen LogP contribution in [0, 0.1) is 0 Å². The lowest BCUT2D eigenvalue weighted by molar-refractivity contribution is -0.122. The van der Waals surface area contributed by atoms with Gasteiger partial charge in [-0.25, -0.2) is 4.68 Å². The number of carbonyl (C=O) groups is 2. The quantitative estimate of drug-likeness (QED) is 0.707. The van der Waals surface area contributed by atoms with Gasteiger partial charge in [-0.05, 0) is 30.3 Å². The van der Waals surface area contributed by atoms with Gasteiger partial charge in [-0.2, -0.15) is 5.10 Å². The Balaban J connectivity index is 1.42.